The lowest BCUT2D eigenvalue weighted by Gasteiger charge is -2.36. The van der Waals surface area contributed by atoms with E-state index in [2.05, 4.69) is 61.9 Å². The number of anilines is 2. The van der Waals surface area contributed by atoms with Crippen LogP contribution in [-0.2, 0) is 9.16 Å². The Balaban J connectivity index is 1.93. The number of nitrogens with one attached hydrogen (secondary N) is 1. The molecule has 8 heteroatoms. The second-order valence-electron chi connectivity index (χ2n) is 10.3. The molecule has 0 atom stereocenters. The van der Waals surface area contributed by atoms with Gasteiger partial charge in [-0.25, -0.2) is 9.78 Å². The molecule has 3 rings (SSSR count). The van der Waals surface area contributed by atoms with Crippen molar-refractivity contribution in [2.45, 2.75) is 45.8 Å². The lowest BCUT2D eigenvalue weighted by Crippen LogP contribution is -2.41. The van der Waals surface area contributed by atoms with Gasteiger partial charge in [0.05, 0.1) is 13.7 Å². The minimum absolute atomic E-state index is 0.141. The number of ether oxygens (including phenoxy) is 2. The molecule has 36 heavy (non-hydrogen) atoms. The van der Waals surface area contributed by atoms with Crippen molar-refractivity contribution in [3.05, 3.63) is 60.3 Å². The second kappa shape index (κ2) is 11.1. The Morgan fingerprint density at radius 3 is 2.42 bits per heavy atom. The van der Waals surface area contributed by atoms with Gasteiger partial charge in [-0.15, -0.1) is 0 Å². The molecule has 0 fully saturated rings. The van der Waals surface area contributed by atoms with Gasteiger partial charge in [0.1, 0.15) is 18.2 Å². The molecule has 0 bridgehead atoms. The number of aromatic nitrogens is 1. The first kappa shape index (κ1) is 27.2. The van der Waals surface area contributed by atoms with Crippen molar-refractivity contribution < 1.29 is 18.7 Å². The zero-order valence-electron chi connectivity index (χ0n) is 22.3. The highest BCUT2D eigenvalue weighted by molar-refractivity contribution is 6.74. The zero-order chi connectivity index (χ0) is 26.5. The molecule has 1 amide bonds. The molecule has 7 nitrogen and oxygen atoms in total. The number of hydrogen-bond donors (Lipinski definition) is 2. The van der Waals surface area contributed by atoms with Crippen LogP contribution in [0.1, 0.15) is 26.3 Å². The third-order valence-electron chi connectivity index (χ3n) is 6.61. The first-order chi connectivity index (χ1) is 16.9. The van der Waals surface area contributed by atoms with Crippen molar-refractivity contribution in [3.63, 3.8) is 0 Å². The van der Waals surface area contributed by atoms with Gasteiger partial charge < -0.3 is 19.6 Å². The van der Waals surface area contributed by atoms with Gasteiger partial charge >= 0.3 is 6.09 Å². The minimum atomic E-state index is -1.85. The molecule has 3 aromatic rings. The van der Waals surface area contributed by atoms with Crippen LogP contribution in [0, 0.1) is 6.92 Å². The predicted octanol–water partition coefficient (Wildman–Crippen LogP) is 6.89. The monoisotopic (exact) mass is 507 g/mol. The highest BCUT2D eigenvalue weighted by Gasteiger charge is 2.36. The number of aryl methyl sites for hydroxylation is 1. The summed E-state index contributed by atoms with van der Waals surface area (Å²) < 4.78 is 17.2. The SMILES string of the molecule is COC(=O)Nc1cc(-c2cc(OCCO[Si](C)(C)C(C)(C)C)cc(-c3cc(N)ccc3C)c2)ccn1. The first-order valence-electron chi connectivity index (χ1n) is 12.0. The number of carbonyl (C=O) groups is 1. The quantitative estimate of drug-likeness (QED) is 0.196. The average molecular weight is 508 g/mol. The molecular weight excluding hydrogens is 470 g/mol. The molecule has 0 aliphatic carbocycles. The summed E-state index contributed by atoms with van der Waals surface area (Å²) in [6.07, 6.45) is 1.07. The van der Waals surface area contributed by atoms with Gasteiger partial charge in [0, 0.05) is 11.9 Å². The summed E-state index contributed by atoms with van der Waals surface area (Å²) in [6.45, 7) is 14.2. The summed E-state index contributed by atoms with van der Waals surface area (Å²) in [4.78, 5) is 15.9. The van der Waals surface area contributed by atoms with Crippen molar-refractivity contribution in [1.29, 1.82) is 0 Å². The predicted molar refractivity (Wildman–Crippen MR) is 149 cm³/mol. The normalized spacial score (nSPS) is 11.8. The fraction of sp³-hybridized carbons (Fsp3) is 0.357. The molecule has 0 radical (unpaired) electrons. The van der Waals surface area contributed by atoms with Crippen molar-refractivity contribution in [1.82, 2.24) is 4.98 Å². The molecule has 3 N–H and O–H groups in total. The number of nitrogens with zero attached hydrogens (tertiary/aromatic N) is 1. The molecule has 1 heterocycles. The Bertz CT molecular complexity index is 1220. The van der Waals surface area contributed by atoms with Gasteiger partial charge in [0.15, 0.2) is 8.32 Å². The van der Waals surface area contributed by atoms with Gasteiger partial charge in [-0.05, 0) is 95.3 Å². The summed E-state index contributed by atoms with van der Waals surface area (Å²) in [5.41, 5.74) is 11.7. The third kappa shape index (κ3) is 6.86. The van der Waals surface area contributed by atoms with Gasteiger partial charge in [0.2, 0.25) is 0 Å². The van der Waals surface area contributed by atoms with Crippen molar-refractivity contribution in [2.75, 3.05) is 31.4 Å². The van der Waals surface area contributed by atoms with E-state index < -0.39 is 14.4 Å². The molecule has 0 aliphatic rings. The number of hydrogen-bond acceptors (Lipinski definition) is 6. The summed E-state index contributed by atoms with van der Waals surface area (Å²) >= 11 is 0. The molecule has 2 aromatic carbocycles. The summed E-state index contributed by atoms with van der Waals surface area (Å²) in [5.74, 6) is 1.12. The van der Waals surface area contributed by atoms with Crippen LogP contribution < -0.4 is 15.8 Å². The standard InChI is InChI=1S/C28H37N3O4Si/c1-19-8-9-23(29)18-25(19)22-14-21(20-10-11-30-26(17-20)31-27(32)33-5)15-24(16-22)34-12-13-35-36(6,7)28(2,3)4/h8-11,14-18H,12-13,29H2,1-7H3,(H,30,31,32). The molecular formula is C28H37N3O4Si. The Morgan fingerprint density at radius 2 is 1.72 bits per heavy atom. The third-order valence-corrected chi connectivity index (χ3v) is 11.1. The largest absolute Gasteiger partial charge is 0.491 e. The fourth-order valence-corrected chi connectivity index (χ4v) is 4.49. The summed E-state index contributed by atoms with van der Waals surface area (Å²) in [5, 5.41) is 2.76. The van der Waals surface area contributed by atoms with Gasteiger partial charge in [0.25, 0.3) is 0 Å². The molecule has 0 spiro atoms. The van der Waals surface area contributed by atoms with Crippen molar-refractivity contribution >= 4 is 25.9 Å². The number of methoxy groups -OCH3 is 1. The highest BCUT2D eigenvalue weighted by Crippen LogP contribution is 2.37. The maximum Gasteiger partial charge on any atom is 0.412 e. The number of nitrogen functional groups attached to an aromatic ring is 1. The summed E-state index contributed by atoms with van der Waals surface area (Å²) in [7, 11) is -0.538. The van der Waals surface area contributed by atoms with Crippen LogP contribution in [0.3, 0.4) is 0 Å². The Kier molecular flexibility index (Phi) is 8.42. The molecule has 0 saturated carbocycles. The smallest absolute Gasteiger partial charge is 0.412 e. The summed E-state index contributed by atoms with van der Waals surface area (Å²) in [6, 6.07) is 15.6. The lowest BCUT2D eigenvalue weighted by molar-refractivity contribution is 0.187. The van der Waals surface area contributed by atoms with E-state index in [1.165, 1.54) is 7.11 Å². The van der Waals surface area contributed by atoms with Gasteiger partial charge in [-0.3, -0.25) is 5.32 Å². The van der Waals surface area contributed by atoms with Crippen LogP contribution in [0.15, 0.2) is 54.7 Å². The van der Waals surface area contributed by atoms with Crippen LogP contribution in [0.5, 0.6) is 5.75 Å². The van der Waals surface area contributed by atoms with Crippen LogP contribution >= 0.6 is 0 Å². The van der Waals surface area contributed by atoms with Gasteiger partial charge in [-0.2, -0.15) is 0 Å². The zero-order valence-corrected chi connectivity index (χ0v) is 23.3. The second-order valence-corrected chi connectivity index (χ2v) is 15.1. The van der Waals surface area contributed by atoms with E-state index in [1.807, 2.05) is 36.4 Å². The number of carbonyl (C=O) groups excluding carboxylic acids is 1. The average Bonchev–Trinajstić information content (AvgIpc) is 2.82. The van der Waals surface area contributed by atoms with Crippen molar-refractivity contribution in [2.24, 2.45) is 0 Å². The number of nitrogens with two attached hydrogens (primary N) is 1. The molecule has 1 aromatic heterocycles. The van der Waals surface area contributed by atoms with Crippen LogP contribution in [0.25, 0.3) is 22.3 Å². The molecule has 0 aliphatic heterocycles. The molecule has 0 saturated heterocycles. The minimum Gasteiger partial charge on any atom is -0.491 e. The lowest BCUT2D eigenvalue weighted by atomic mass is 9.96. The van der Waals surface area contributed by atoms with E-state index in [9.17, 15) is 4.79 Å². The topological polar surface area (TPSA) is 95.7 Å². The first-order valence-corrected chi connectivity index (χ1v) is 14.9. The van der Waals surface area contributed by atoms with E-state index >= 15 is 0 Å². The Labute approximate surface area is 215 Å². The maximum absolute atomic E-state index is 11.7. The van der Waals surface area contributed by atoms with E-state index in [0.717, 1.165) is 33.6 Å². The number of rotatable bonds is 8. The van der Waals surface area contributed by atoms with E-state index in [0.29, 0.717) is 24.7 Å². The highest BCUT2D eigenvalue weighted by atomic mass is 28.4. The van der Waals surface area contributed by atoms with Crippen LogP contribution in [0.4, 0.5) is 16.3 Å². The number of pyridine rings is 1. The van der Waals surface area contributed by atoms with E-state index in [1.54, 1.807) is 12.3 Å². The van der Waals surface area contributed by atoms with Crippen LogP contribution in [0.2, 0.25) is 18.1 Å². The van der Waals surface area contributed by atoms with Crippen LogP contribution in [-0.4, -0.2) is 39.7 Å². The fourth-order valence-electron chi connectivity index (χ4n) is 3.46. The molecule has 0 unspecified atom stereocenters. The number of amides is 1. The van der Waals surface area contributed by atoms with Crippen molar-refractivity contribution in [3.8, 4) is 28.0 Å². The number of benzene rings is 2. The van der Waals surface area contributed by atoms with E-state index in [-0.39, 0.29) is 5.04 Å². The molecule has 192 valence electrons. The van der Waals surface area contributed by atoms with Gasteiger partial charge in [-0.1, -0.05) is 26.8 Å². The Morgan fingerprint density at radius 1 is 1.00 bits per heavy atom. The maximum atomic E-state index is 11.7. The Hall–Kier alpha value is -3.36. The van der Waals surface area contributed by atoms with E-state index in [4.69, 9.17) is 14.9 Å².